The van der Waals surface area contributed by atoms with Gasteiger partial charge in [-0.3, -0.25) is 0 Å². The normalized spacial score (nSPS) is 38.4. The van der Waals surface area contributed by atoms with Gasteiger partial charge in [0, 0.05) is 24.9 Å². The number of ether oxygens (including phenoxy) is 2. The molecule has 0 radical (unpaired) electrons. The topological polar surface area (TPSA) is 38.8 Å². The molecule has 2 heterocycles. The van der Waals surface area contributed by atoms with Crippen molar-refractivity contribution in [3.05, 3.63) is 0 Å². The molecule has 1 aliphatic carbocycles. The fourth-order valence-corrected chi connectivity index (χ4v) is 2.94. The summed E-state index contributed by atoms with van der Waals surface area (Å²) >= 11 is 0. The van der Waals surface area contributed by atoms with Crippen molar-refractivity contribution in [2.45, 2.75) is 62.8 Å². The maximum absolute atomic E-state index is 11.4. The second-order valence-electron chi connectivity index (χ2n) is 5.33. The second kappa shape index (κ2) is 3.91. The van der Waals surface area contributed by atoms with Crippen LogP contribution in [0.4, 0.5) is 4.79 Å². The van der Waals surface area contributed by atoms with Gasteiger partial charge in [-0.05, 0) is 32.7 Å². The van der Waals surface area contributed by atoms with Crippen LogP contribution >= 0.6 is 0 Å². The molecule has 2 atom stereocenters. The lowest BCUT2D eigenvalue weighted by atomic mass is 10.0. The molecule has 90 valence electrons. The highest BCUT2D eigenvalue weighted by molar-refractivity contribution is 5.60. The van der Waals surface area contributed by atoms with E-state index in [0.29, 0.717) is 12.1 Å². The first-order valence-electron chi connectivity index (χ1n) is 6.31. The molecule has 0 amide bonds. The van der Waals surface area contributed by atoms with E-state index in [4.69, 9.17) is 9.47 Å². The van der Waals surface area contributed by atoms with Gasteiger partial charge >= 0.3 is 6.16 Å². The summed E-state index contributed by atoms with van der Waals surface area (Å²) < 4.78 is 10.5. The smallest absolute Gasteiger partial charge is 0.431 e. The lowest BCUT2D eigenvalue weighted by molar-refractivity contribution is -0.0157. The minimum Gasteiger partial charge on any atom is -0.431 e. The summed E-state index contributed by atoms with van der Waals surface area (Å²) in [5.74, 6) is 0. The monoisotopic (exact) mass is 225 g/mol. The summed E-state index contributed by atoms with van der Waals surface area (Å²) in [7, 11) is 2.18. The summed E-state index contributed by atoms with van der Waals surface area (Å²) in [6.45, 7) is 0. The molecule has 4 heteroatoms. The van der Waals surface area contributed by atoms with E-state index in [1.54, 1.807) is 0 Å². The largest absolute Gasteiger partial charge is 0.508 e. The first kappa shape index (κ1) is 10.4. The summed E-state index contributed by atoms with van der Waals surface area (Å²) in [5, 5.41) is 0. The van der Waals surface area contributed by atoms with E-state index in [1.807, 2.05) is 0 Å². The minimum absolute atomic E-state index is 0.0833. The SMILES string of the molecule is CN1C2CCC1CC(OC(=O)OC1CC1)C2. The number of nitrogens with zero attached hydrogens (tertiary/aromatic N) is 1. The lowest BCUT2D eigenvalue weighted by Gasteiger charge is -2.35. The highest BCUT2D eigenvalue weighted by atomic mass is 16.7. The molecule has 3 fully saturated rings. The number of rotatable bonds is 2. The maximum atomic E-state index is 11.4. The third-order valence-electron chi connectivity index (χ3n) is 4.11. The van der Waals surface area contributed by atoms with E-state index in [-0.39, 0.29) is 12.2 Å². The number of hydrogen-bond acceptors (Lipinski definition) is 4. The second-order valence-corrected chi connectivity index (χ2v) is 5.33. The van der Waals surface area contributed by atoms with Crippen molar-refractivity contribution in [2.75, 3.05) is 7.05 Å². The van der Waals surface area contributed by atoms with Crippen molar-refractivity contribution < 1.29 is 14.3 Å². The van der Waals surface area contributed by atoms with E-state index in [1.165, 1.54) is 12.8 Å². The Kier molecular flexibility index (Phi) is 2.54. The van der Waals surface area contributed by atoms with Crippen LogP contribution in [0.5, 0.6) is 0 Å². The molecule has 3 rings (SSSR count). The van der Waals surface area contributed by atoms with Crippen LogP contribution in [0.3, 0.4) is 0 Å². The van der Waals surface area contributed by atoms with Gasteiger partial charge in [-0.2, -0.15) is 0 Å². The summed E-state index contributed by atoms with van der Waals surface area (Å²) in [5.41, 5.74) is 0. The molecule has 2 unspecified atom stereocenters. The van der Waals surface area contributed by atoms with Crippen LogP contribution < -0.4 is 0 Å². The quantitative estimate of drug-likeness (QED) is 0.673. The van der Waals surface area contributed by atoms with Crippen LogP contribution in [0, 0.1) is 0 Å². The Morgan fingerprint density at radius 2 is 1.56 bits per heavy atom. The molecule has 16 heavy (non-hydrogen) atoms. The highest BCUT2D eigenvalue weighted by Gasteiger charge is 2.40. The number of hydrogen-bond donors (Lipinski definition) is 0. The van der Waals surface area contributed by atoms with E-state index in [9.17, 15) is 4.79 Å². The van der Waals surface area contributed by atoms with Gasteiger partial charge in [0.25, 0.3) is 0 Å². The van der Waals surface area contributed by atoms with Gasteiger partial charge in [0.1, 0.15) is 12.2 Å². The number of piperidine rings is 1. The van der Waals surface area contributed by atoms with E-state index >= 15 is 0 Å². The Balaban J connectivity index is 1.50. The van der Waals surface area contributed by atoms with E-state index in [2.05, 4.69) is 11.9 Å². The highest BCUT2D eigenvalue weighted by Crippen LogP contribution is 2.35. The molecule has 4 nitrogen and oxygen atoms in total. The van der Waals surface area contributed by atoms with Crippen molar-refractivity contribution >= 4 is 6.16 Å². The molecule has 2 bridgehead atoms. The van der Waals surface area contributed by atoms with Crippen LogP contribution in [0.2, 0.25) is 0 Å². The third kappa shape index (κ3) is 2.03. The summed E-state index contributed by atoms with van der Waals surface area (Å²) in [6, 6.07) is 1.22. The fraction of sp³-hybridized carbons (Fsp3) is 0.917. The van der Waals surface area contributed by atoms with Gasteiger partial charge < -0.3 is 14.4 Å². The van der Waals surface area contributed by atoms with Gasteiger partial charge in [0.05, 0.1) is 0 Å². The van der Waals surface area contributed by atoms with E-state index in [0.717, 1.165) is 25.7 Å². The Bertz CT molecular complexity index is 276. The summed E-state index contributed by atoms with van der Waals surface area (Å²) in [6.07, 6.45) is 6.25. The Morgan fingerprint density at radius 1 is 1.00 bits per heavy atom. The molecule has 0 spiro atoms. The molecule has 3 aliphatic rings. The molecular weight excluding hydrogens is 206 g/mol. The average Bonchev–Trinajstić information content (AvgIpc) is 2.99. The molecule has 0 aromatic heterocycles. The van der Waals surface area contributed by atoms with Gasteiger partial charge in [-0.15, -0.1) is 0 Å². The standard InChI is InChI=1S/C12H19NO3/c1-13-8-2-3-9(13)7-11(6-8)16-12(14)15-10-4-5-10/h8-11H,2-7H2,1H3. The zero-order valence-electron chi connectivity index (χ0n) is 9.72. The predicted octanol–water partition coefficient (Wildman–Crippen LogP) is 1.93. The number of fused-ring (bicyclic) bond motifs is 2. The van der Waals surface area contributed by atoms with E-state index < -0.39 is 6.16 Å². The van der Waals surface area contributed by atoms with Gasteiger partial charge in [0.2, 0.25) is 0 Å². The van der Waals surface area contributed by atoms with Crippen molar-refractivity contribution in [1.29, 1.82) is 0 Å². The zero-order valence-corrected chi connectivity index (χ0v) is 9.72. The van der Waals surface area contributed by atoms with Crippen molar-refractivity contribution in [3.63, 3.8) is 0 Å². The molecule has 1 saturated carbocycles. The molecule has 2 aliphatic heterocycles. The fourth-order valence-electron chi connectivity index (χ4n) is 2.94. The van der Waals surface area contributed by atoms with Crippen LogP contribution in [-0.4, -0.2) is 42.4 Å². The lowest BCUT2D eigenvalue weighted by Crippen LogP contribution is -2.43. The van der Waals surface area contributed by atoms with Crippen LogP contribution in [-0.2, 0) is 9.47 Å². The Labute approximate surface area is 95.9 Å². The van der Waals surface area contributed by atoms with Crippen molar-refractivity contribution in [2.24, 2.45) is 0 Å². The van der Waals surface area contributed by atoms with Crippen molar-refractivity contribution in [1.82, 2.24) is 4.90 Å². The number of carbonyl (C=O) groups excluding carboxylic acids is 1. The van der Waals surface area contributed by atoms with Crippen LogP contribution in [0.15, 0.2) is 0 Å². The predicted molar refractivity (Wildman–Crippen MR) is 58.2 cm³/mol. The van der Waals surface area contributed by atoms with Crippen LogP contribution in [0.25, 0.3) is 0 Å². The third-order valence-corrected chi connectivity index (χ3v) is 4.11. The van der Waals surface area contributed by atoms with Gasteiger partial charge in [-0.25, -0.2) is 4.79 Å². The summed E-state index contributed by atoms with van der Waals surface area (Å²) in [4.78, 5) is 13.9. The molecule has 0 aromatic rings. The number of carbonyl (C=O) groups is 1. The average molecular weight is 225 g/mol. The van der Waals surface area contributed by atoms with Crippen LogP contribution in [0.1, 0.15) is 38.5 Å². The van der Waals surface area contributed by atoms with Gasteiger partial charge in [-0.1, -0.05) is 0 Å². The first-order chi connectivity index (χ1) is 7.72. The molecular formula is C12H19NO3. The minimum atomic E-state index is -0.448. The maximum Gasteiger partial charge on any atom is 0.508 e. The van der Waals surface area contributed by atoms with Crippen molar-refractivity contribution in [3.8, 4) is 0 Å². The Morgan fingerprint density at radius 3 is 2.12 bits per heavy atom. The first-order valence-corrected chi connectivity index (χ1v) is 6.31. The van der Waals surface area contributed by atoms with Gasteiger partial charge in [0.15, 0.2) is 0 Å². The molecule has 2 saturated heterocycles. The molecule has 0 N–H and O–H groups in total. The zero-order chi connectivity index (χ0) is 11.1. The molecule has 0 aromatic carbocycles. The Hall–Kier alpha value is -0.770.